The highest BCUT2D eigenvalue weighted by Gasteiger charge is 2.12. The molecule has 0 aromatic heterocycles. The fourth-order valence-corrected chi connectivity index (χ4v) is 2.15. The number of benzene rings is 1. The molecule has 3 heteroatoms. The van der Waals surface area contributed by atoms with Crippen LogP contribution >= 0.6 is 34.2 Å². The van der Waals surface area contributed by atoms with Gasteiger partial charge < -0.3 is 5.32 Å². The molecule has 0 aliphatic heterocycles. The maximum absolute atomic E-state index is 6.12. The number of hydrogen-bond donors (Lipinski definition) is 1. The van der Waals surface area contributed by atoms with E-state index in [2.05, 4.69) is 60.0 Å². The fraction of sp³-hybridized carbons (Fsp3) is 0.500. The summed E-state index contributed by atoms with van der Waals surface area (Å²) in [5.41, 5.74) is 1.27. The highest BCUT2D eigenvalue weighted by Crippen LogP contribution is 2.26. The van der Waals surface area contributed by atoms with Gasteiger partial charge in [-0.3, -0.25) is 0 Å². The van der Waals surface area contributed by atoms with Crippen molar-refractivity contribution in [3.05, 3.63) is 32.4 Å². The zero-order chi connectivity index (χ0) is 11.4. The van der Waals surface area contributed by atoms with Crippen LogP contribution in [-0.4, -0.2) is 7.05 Å². The van der Waals surface area contributed by atoms with Gasteiger partial charge >= 0.3 is 0 Å². The molecule has 1 nitrogen and oxygen atoms in total. The lowest BCUT2D eigenvalue weighted by molar-refractivity contribution is 0.457. The molecule has 0 aliphatic carbocycles. The van der Waals surface area contributed by atoms with Crippen molar-refractivity contribution in [1.82, 2.24) is 5.32 Å². The third kappa shape index (κ3) is 3.93. The summed E-state index contributed by atoms with van der Waals surface area (Å²) in [7, 11) is 2.00. The highest BCUT2D eigenvalue weighted by atomic mass is 127. The summed E-state index contributed by atoms with van der Waals surface area (Å²) >= 11 is 8.37. The van der Waals surface area contributed by atoms with E-state index in [0.29, 0.717) is 12.0 Å². The SMILES string of the molecule is CNC(CC(C)C)c1ccc(I)c(Cl)c1. The van der Waals surface area contributed by atoms with Gasteiger partial charge in [-0.15, -0.1) is 0 Å². The van der Waals surface area contributed by atoms with E-state index in [1.165, 1.54) is 5.56 Å². The lowest BCUT2D eigenvalue weighted by Gasteiger charge is -2.19. The van der Waals surface area contributed by atoms with Crippen molar-refractivity contribution in [2.24, 2.45) is 5.92 Å². The molecular weight excluding hydrogens is 320 g/mol. The molecule has 1 unspecified atom stereocenters. The van der Waals surface area contributed by atoms with Crippen molar-refractivity contribution >= 4 is 34.2 Å². The van der Waals surface area contributed by atoms with Gasteiger partial charge in [0.2, 0.25) is 0 Å². The summed E-state index contributed by atoms with van der Waals surface area (Å²) in [6, 6.07) is 6.69. The van der Waals surface area contributed by atoms with Gasteiger partial charge in [0.15, 0.2) is 0 Å². The Balaban J connectivity index is 2.87. The first kappa shape index (κ1) is 13.3. The normalized spacial score (nSPS) is 13.2. The van der Waals surface area contributed by atoms with Gasteiger partial charge in [-0.2, -0.15) is 0 Å². The van der Waals surface area contributed by atoms with E-state index in [1.54, 1.807) is 0 Å². The van der Waals surface area contributed by atoms with Crippen LogP contribution in [0.5, 0.6) is 0 Å². The first-order valence-electron chi connectivity index (χ1n) is 5.16. The molecule has 84 valence electrons. The number of nitrogens with one attached hydrogen (secondary N) is 1. The maximum Gasteiger partial charge on any atom is 0.0542 e. The van der Waals surface area contributed by atoms with Crippen molar-refractivity contribution in [1.29, 1.82) is 0 Å². The topological polar surface area (TPSA) is 12.0 Å². The zero-order valence-electron chi connectivity index (χ0n) is 9.35. The highest BCUT2D eigenvalue weighted by molar-refractivity contribution is 14.1. The van der Waals surface area contributed by atoms with Crippen molar-refractivity contribution in [3.8, 4) is 0 Å². The van der Waals surface area contributed by atoms with Crippen molar-refractivity contribution in [2.45, 2.75) is 26.3 Å². The van der Waals surface area contributed by atoms with Gasteiger partial charge in [-0.05, 0) is 59.7 Å². The summed E-state index contributed by atoms with van der Waals surface area (Å²) in [5, 5.41) is 4.18. The average Bonchev–Trinajstić information content (AvgIpc) is 2.18. The van der Waals surface area contributed by atoms with Crippen molar-refractivity contribution < 1.29 is 0 Å². The van der Waals surface area contributed by atoms with E-state index in [-0.39, 0.29) is 0 Å². The molecule has 1 atom stereocenters. The first-order chi connectivity index (χ1) is 7.04. The summed E-state index contributed by atoms with van der Waals surface area (Å²) in [5.74, 6) is 0.681. The fourth-order valence-electron chi connectivity index (χ4n) is 1.62. The summed E-state index contributed by atoms with van der Waals surface area (Å²) in [4.78, 5) is 0. The second-order valence-corrected chi connectivity index (χ2v) is 5.71. The van der Waals surface area contributed by atoms with Crippen LogP contribution in [0, 0.1) is 9.49 Å². The first-order valence-corrected chi connectivity index (χ1v) is 6.62. The molecule has 15 heavy (non-hydrogen) atoms. The molecule has 1 aromatic rings. The Morgan fingerprint density at radius 3 is 2.53 bits per heavy atom. The third-order valence-corrected chi connectivity index (χ3v) is 3.97. The monoisotopic (exact) mass is 337 g/mol. The second-order valence-electron chi connectivity index (χ2n) is 4.14. The average molecular weight is 338 g/mol. The van der Waals surface area contributed by atoms with E-state index in [1.807, 2.05) is 7.05 Å². The Kier molecular flexibility index (Phi) is 5.36. The standard InChI is InChI=1S/C12H17ClIN/c1-8(2)6-12(15-3)9-4-5-11(14)10(13)7-9/h4-5,7-8,12,15H,6H2,1-3H3. The molecule has 0 saturated heterocycles. The lowest BCUT2D eigenvalue weighted by atomic mass is 9.97. The van der Waals surface area contributed by atoms with E-state index in [9.17, 15) is 0 Å². The molecule has 0 spiro atoms. The third-order valence-electron chi connectivity index (χ3n) is 2.40. The molecular formula is C12H17ClIN. The predicted molar refractivity (Wildman–Crippen MR) is 75.4 cm³/mol. The Bertz CT molecular complexity index is 325. The summed E-state index contributed by atoms with van der Waals surface area (Å²) < 4.78 is 1.11. The minimum Gasteiger partial charge on any atom is -0.313 e. The van der Waals surface area contributed by atoms with E-state index >= 15 is 0 Å². The Labute approximate surface area is 111 Å². The van der Waals surface area contributed by atoms with Crippen LogP contribution in [0.1, 0.15) is 31.9 Å². The molecule has 1 N–H and O–H groups in total. The molecule has 0 fully saturated rings. The molecule has 1 rings (SSSR count). The minimum atomic E-state index is 0.402. The molecule has 0 bridgehead atoms. The molecule has 1 aromatic carbocycles. The summed E-state index contributed by atoms with van der Waals surface area (Å²) in [6.45, 7) is 4.47. The van der Waals surface area contributed by atoms with Gasteiger partial charge in [0.25, 0.3) is 0 Å². The molecule has 0 radical (unpaired) electrons. The number of halogens is 2. The van der Waals surface area contributed by atoms with Crippen LogP contribution in [0.4, 0.5) is 0 Å². The Morgan fingerprint density at radius 2 is 2.07 bits per heavy atom. The minimum absolute atomic E-state index is 0.402. The Hall–Kier alpha value is 0.200. The van der Waals surface area contributed by atoms with Crippen LogP contribution in [0.25, 0.3) is 0 Å². The van der Waals surface area contributed by atoms with Crippen molar-refractivity contribution in [3.63, 3.8) is 0 Å². The second kappa shape index (κ2) is 6.06. The van der Waals surface area contributed by atoms with E-state index in [4.69, 9.17) is 11.6 Å². The zero-order valence-corrected chi connectivity index (χ0v) is 12.3. The van der Waals surface area contributed by atoms with Gasteiger partial charge in [0.05, 0.1) is 5.02 Å². The van der Waals surface area contributed by atoms with Gasteiger partial charge in [0.1, 0.15) is 0 Å². The smallest absolute Gasteiger partial charge is 0.0542 e. The maximum atomic E-state index is 6.12. The molecule has 0 saturated carbocycles. The molecule has 0 amide bonds. The number of hydrogen-bond acceptors (Lipinski definition) is 1. The van der Waals surface area contributed by atoms with E-state index in [0.717, 1.165) is 15.0 Å². The Morgan fingerprint density at radius 1 is 1.40 bits per heavy atom. The quantitative estimate of drug-likeness (QED) is 0.810. The number of rotatable bonds is 4. The van der Waals surface area contributed by atoms with Crippen molar-refractivity contribution in [2.75, 3.05) is 7.05 Å². The van der Waals surface area contributed by atoms with E-state index < -0.39 is 0 Å². The van der Waals surface area contributed by atoms with Crippen LogP contribution in [-0.2, 0) is 0 Å². The van der Waals surface area contributed by atoms with Crippen LogP contribution < -0.4 is 5.32 Å². The van der Waals surface area contributed by atoms with Gasteiger partial charge in [-0.1, -0.05) is 31.5 Å². The summed E-state index contributed by atoms with van der Waals surface area (Å²) in [6.07, 6.45) is 1.13. The largest absolute Gasteiger partial charge is 0.313 e. The lowest BCUT2D eigenvalue weighted by Crippen LogP contribution is -2.18. The van der Waals surface area contributed by atoms with Crippen LogP contribution in [0.3, 0.4) is 0 Å². The van der Waals surface area contributed by atoms with Gasteiger partial charge in [-0.25, -0.2) is 0 Å². The predicted octanol–water partition coefficient (Wildman–Crippen LogP) is 4.25. The van der Waals surface area contributed by atoms with Gasteiger partial charge in [0, 0.05) is 9.61 Å². The molecule has 0 heterocycles. The van der Waals surface area contributed by atoms with Crippen LogP contribution in [0.15, 0.2) is 18.2 Å². The molecule has 0 aliphatic rings. The van der Waals surface area contributed by atoms with Crippen LogP contribution in [0.2, 0.25) is 5.02 Å².